The van der Waals surface area contributed by atoms with Crippen LogP contribution in [-0.4, -0.2) is 38.7 Å². The Morgan fingerprint density at radius 1 is 1.21 bits per heavy atom. The standard InChI is InChI=1S/C17H24N4S2.HI/c1-18-17(19-9-6-15-4-2-12-22-15)20-14-7-10-21(11-8-14)16-5-3-13-23-16;/h2-5,12-14H,6-11H2,1H3,(H2,18,19,20);1H. The molecule has 0 spiro atoms. The quantitative estimate of drug-likeness (QED) is 0.392. The molecule has 3 rings (SSSR count). The van der Waals surface area contributed by atoms with Crippen LogP contribution >= 0.6 is 46.7 Å². The first-order valence-corrected chi connectivity index (χ1v) is 9.89. The summed E-state index contributed by atoms with van der Waals surface area (Å²) < 4.78 is 0. The Morgan fingerprint density at radius 2 is 1.96 bits per heavy atom. The number of hydrogen-bond donors (Lipinski definition) is 2. The van der Waals surface area contributed by atoms with Crippen molar-refractivity contribution in [2.45, 2.75) is 25.3 Å². The van der Waals surface area contributed by atoms with Crippen molar-refractivity contribution in [2.24, 2.45) is 4.99 Å². The number of nitrogens with zero attached hydrogens (tertiary/aromatic N) is 2. The molecule has 0 saturated carbocycles. The normalized spacial score (nSPS) is 15.9. The molecule has 0 aromatic carbocycles. The number of aliphatic imine (C=N–C) groups is 1. The summed E-state index contributed by atoms with van der Waals surface area (Å²) in [6, 6.07) is 9.14. The van der Waals surface area contributed by atoms with E-state index in [-0.39, 0.29) is 24.0 Å². The molecule has 2 N–H and O–H groups in total. The summed E-state index contributed by atoms with van der Waals surface area (Å²) in [6.45, 7) is 3.16. The number of halogens is 1. The minimum Gasteiger partial charge on any atom is -0.363 e. The van der Waals surface area contributed by atoms with Crippen LogP contribution in [-0.2, 0) is 6.42 Å². The smallest absolute Gasteiger partial charge is 0.191 e. The van der Waals surface area contributed by atoms with E-state index in [1.807, 2.05) is 29.7 Å². The van der Waals surface area contributed by atoms with E-state index >= 15 is 0 Å². The molecule has 132 valence electrons. The minimum atomic E-state index is 0. The van der Waals surface area contributed by atoms with Gasteiger partial charge < -0.3 is 15.5 Å². The second-order valence-electron chi connectivity index (χ2n) is 5.69. The minimum absolute atomic E-state index is 0. The van der Waals surface area contributed by atoms with Crippen LogP contribution < -0.4 is 15.5 Å². The van der Waals surface area contributed by atoms with Crippen LogP contribution in [0.2, 0.25) is 0 Å². The van der Waals surface area contributed by atoms with Gasteiger partial charge in [-0.1, -0.05) is 6.07 Å². The maximum Gasteiger partial charge on any atom is 0.191 e. The van der Waals surface area contributed by atoms with Crippen molar-refractivity contribution < 1.29 is 0 Å². The summed E-state index contributed by atoms with van der Waals surface area (Å²) in [5, 5.41) is 12.7. The molecule has 3 heterocycles. The Morgan fingerprint density at radius 3 is 2.58 bits per heavy atom. The van der Waals surface area contributed by atoms with Gasteiger partial charge in [-0.2, -0.15) is 0 Å². The van der Waals surface area contributed by atoms with Crippen LogP contribution in [0, 0.1) is 0 Å². The number of nitrogens with one attached hydrogen (secondary N) is 2. The van der Waals surface area contributed by atoms with Crippen molar-refractivity contribution in [3.05, 3.63) is 39.9 Å². The topological polar surface area (TPSA) is 39.7 Å². The third-order valence-electron chi connectivity index (χ3n) is 4.12. The number of hydrogen-bond acceptors (Lipinski definition) is 4. The SMILES string of the molecule is CN=C(NCCc1cccs1)NC1CCN(c2cccs2)CC1.I. The highest BCUT2D eigenvalue weighted by molar-refractivity contribution is 14.0. The Hall–Kier alpha value is -0.800. The molecule has 0 unspecified atom stereocenters. The van der Waals surface area contributed by atoms with E-state index in [4.69, 9.17) is 0 Å². The maximum atomic E-state index is 4.36. The van der Waals surface area contributed by atoms with Crippen molar-refractivity contribution >= 4 is 57.6 Å². The Kier molecular flexibility index (Phi) is 8.34. The fourth-order valence-electron chi connectivity index (χ4n) is 2.84. The molecule has 1 saturated heterocycles. The molecule has 2 aromatic rings. The van der Waals surface area contributed by atoms with E-state index in [1.54, 1.807) is 0 Å². The highest BCUT2D eigenvalue weighted by Gasteiger charge is 2.20. The summed E-state index contributed by atoms with van der Waals surface area (Å²) in [7, 11) is 1.85. The summed E-state index contributed by atoms with van der Waals surface area (Å²) in [5.41, 5.74) is 0. The van der Waals surface area contributed by atoms with E-state index < -0.39 is 0 Å². The van der Waals surface area contributed by atoms with Gasteiger partial charge in [-0.25, -0.2) is 0 Å². The molecule has 0 radical (unpaired) electrons. The van der Waals surface area contributed by atoms with E-state index in [9.17, 15) is 0 Å². The highest BCUT2D eigenvalue weighted by Crippen LogP contribution is 2.24. The molecule has 0 amide bonds. The zero-order valence-electron chi connectivity index (χ0n) is 13.9. The summed E-state index contributed by atoms with van der Waals surface area (Å²) in [5.74, 6) is 0.927. The van der Waals surface area contributed by atoms with Crippen LogP contribution in [0.15, 0.2) is 40.0 Å². The first-order chi connectivity index (χ1) is 11.3. The van der Waals surface area contributed by atoms with Crippen LogP contribution in [0.3, 0.4) is 0 Å². The Labute approximate surface area is 169 Å². The average Bonchev–Trinajstić information content (AvgIpc) is 3.28. The van der Waals surface area contributed by atoms with Gasteiger partial charge in [-0.3, -0.25) is 4.99 Å². The van der Waals surface area contributed by atoms with Gasteiger partial charge in [-0.05, 0) is 48.2 Å². The molecule has 4 nitrogen and oxygen atoms in total. The lowest BCUT2D eigenvalue weighted by Crippen LogP contribution is -2.49. The van der Waals surface area contributed by atoms with Crippen molar-refractivity contribution in [3.63, 3.8) is 0 Å². The van der Waals surface area contributed by atoms with E-state index in [0.29, 0.717) is 6.04 Å². The summed E-state index contributed by atoms with van der Waals surface area (Å²) >= 11 is 3.64. The molecular weight excluding hydrogens is 451 g/mol. The first kappa shape index (κ1) is 19.5. The van der Waals surface area contributed by atoms with Gasteiger partial charge in [-0.15, -0.1) is 46.7 Å². The first-order valence-electron chi connectivity index (χ1n) is 8.13. The average molecular weight is 476 g/mol. The maximum absolute atomic E-state index is 4.36. The molecule has 24 heavy (non-hydrogen) atoms. The molecule has 7 heteroatoms. The van der Waals surface area contributed by atoms with Crippen LogP contribution in [0.5, 0.6) is 0 Å². The predicted molar refractivity (Wildman–Crippen MR) is 117 cm³/mol. The number of thiophene rings is 2. The molecule has 0 aliphatic carbocycles. The monoisotopic (exact) mass is 476 g/mol. The molecule has 2 aromatic heterocycles. The summed E-state index contributed by atoms with van der Waals surface area (Å²) in [4.78, 5) is 8.25. The lowest BCUT2D eigenvalue weighted by atomic mass is 10.1. The number of guanidine groups is 1. The van der Waals surface area contributed by atoms with Crippen molar-refractivity contribution in [1.82, 2.24) is 10.6 Å². The van der Waals surface area contributed by atoms with E-state index in [1.165, 1.54) is 9.88 Å². The van der Waals surface area contributed by atoms with Gasteiger partial charge in [0.15, 0.2) is 5.96 Å². The molecule has 1 aliphatic rings. The van der Waals surface area contributed by atoms with Gasteiger partial charge in [0.1, 0.15) is 0 Å². The fraction of sp³-hybridized carbons (Fsp3) is 0.471. The third kappa shape index (κ3) is 5.63. The van der Waals surface area contributed by atoms with E-state index in [0.717, 1.165) is 44.9 Å². The van der Waals surface area contributed by atoms with Gasteiger partial charge >= 0.3 is 0 Å². The second-order valence-corrected chi connectivity index (χ2v) is 7.64. The van der Waals surface area contributed by atoms with Gasteiger partial charge in [0.05, 0.1) is 5.00 Å². The number of anilines is 1. The van der Waals surface area contributed by atoms with E-state index in [2.05, 4.69) is 55.6 Å². The zero-order chi connectivity index (χ0) is 15.9. The van der Waals surface area contributed by atoms with Gasteiger partial charge in [0.2, 0.25) is 0 Å². The molecular formula is C17H25IN4S2. The lowest BCUT2D eigenvalue weighted by Gasteiger charge is -2.33. The number of rotatable bonds is 5. The lowest BCUT2D eigenvalue weighted by molar-refractivity contribution is 0.463. The third-order valence-corrected chi connectivity index (χ3v) is 5.99. The zero-order valence-corrected chi connectivity index (χ0v) is 17.9. The van der Waals surface area contributed by atoms with Gasteiger partial charge in [0, 0.05) is 37.6 Å². The number of piperidine rings is 1. The van der Waals surface area contributed by atoms with Crippen molar-refractivity contribution in [3.8, 4) is 0 Å². The molecule has 0 atom stereocenters. The van der Waals surface area contributed by atoms with Crippen LogP contribution in [0.1, 0.15) is 17.7 Å². The van der Waals surface area contributed by atoms with Crippen LogP contribution in [0.4, 0.5) is 5.00 Å². The predicted octanol–water partition coefficient (Wildman–Crippen LogP) is 3.80. The van der Waals surface area contributed by atoms with Crippen LogP contribution in [0.25, 0.3) is 0 Å². The van der Waals surface area contributed by atoms with Crippen molar-refractivity contribution in [2.75, 3.05) is 31.6 Å². The summed E-state index contributed by atoms with van der Waals surface area (Å²) in [6.07, 6.45) is 3.36. The fourth-order valence-corrected chi connectivity index (χ4v) is 4.34. The van der Waals surface area contributed by atoms with Crippen molar-refractivity contribution in [1.29, 1.82) is 0 Å². The second kappa shape index (κ2) is 10.2. The molecule has 1 fully saturated rings. The molecule has 0 bridgehead atoms. The highest BCUT2D eigenvalue weighted by atomic mass is 127. The Balaban J connectivity index is 0.00000208. The van der Waals surface area contributed by atoms with Gasteiger partial charge in [0.25, 0.3) is 0 Å². The largest absolute Gasteiger partial charge is 0.363 e. The molecule has 1 aliphatic heterocycles. The Bertz CT molecular complexity index is 590.